The van der Waals surface area contributed by atoms with Crippen LogP contribution >= 0.6 is 0 Å². The second-order valence-corrected chi connectivity index (χ2v) is 1.61. The van der Waals surface area contributed by atoms with Gasteiger partial charge >= 0.3 is 6.08 Å². The molecule has 4 nitrogen and oxygen atoms in total. The van der Waals surface area contributed by atoms with Crippen LogP contribution in [-0.2, 0) is 9.47 Å². The highest BCUT2D eigenvalue weighted by atomic mass is 16.7. The number of rotatable bonds is 0. The first-order chi connectivity index (χ1) is 3.83. The van der Waals surface area contributed by atoms with Gasteiger partial charge < -0.3 is 14.7 Å². The van der Waals surface area contributed by atoms with E-state index in [1.165, 1.54) is 0 Å². The van der Waals surface area contributed by atoms with Crippen LogP contribution in [0, 0.1) is 0 Å². The quantitative estimate of drug-likeness (QED) is 0.363. The van der Waals surface area contributed by atoms with Gasteiger partial charge in [0, 0.05) is 0 Å². The molecule has 0 radical (unpaired) electrons. The van der Waals surface area contributed by atoms with Crippen LogP contribution in [0.1, 0.15) is 6.92 Å². The zero-order valence-electron chi connectivity index (χ0n) is 4.50. The van der Waals surface area contributed by atoms with Gasteiger partial charge in [-0.2, -0.15) is 0 Å². The van der Waals surface area contributed by atoms with E-state index in [-0.39, 0.29) is 12.2 Å². The molecule has 8 heavy (non-hydrogen) atoms. The maximum atomic E-state index is 8.02. The monoisotopic (exact) mass is 117 g/mol. The van der Waals surface area contributed by atoms with E-state index in [0.717, 1.165) is 0 Å². The maximum Gasteiger partial charge on any atom is 0.422 e. The molecule has 4 heteroatoms. The van der Waals surface area contributed by atoms with E-state index in [0.29, 0.717) is 6.61 Å². The Kier molecular flexibility index (Phi) is 1.24. The molecular weight excluding hydrogens is 110 g/mol. The molecule has 1 atom stereocenters. The summed E-state index contributed by atoms with van der Waals surface area (Å²) in [7, 11) is 0. The summed E-state index contributed by atoms with van der Waals surface area (Å²) in [4.78, 5) is 0. The van der Waals surface area contributed by atoms with Crippen LogP contribution in [0.4, 0.5) is 0 Å². The van der Waals surface area contributed by atoms with Gasteiger partial charge in [0.25, 0.3) is 0 Å². The van der Waals surface area contributed by atoms with E-state index in [4.69, 9.17) is 14.7 Å². The Balaban J connectivity index is 2.44. The topological polar surface area (TPSA) is 51.0 Å². The zero-order valence-corrected chi connectivity index (χ0v) is 4.50. The van der Waals surface area contributed by atoms with Gasteiger partial charge in [0.15, 0.2) is 0 Å². The molecule has 1 unspecified atom stereocenters. The van der Waals surface area contributed by atoms with Crippen molar-refractivity contribution in [1.82, 2.24) is 0 Å². The third-order valence-corrected chi connectivity index (χ3v) is 0.825. The van der Waals surface area contributed by atoms with E-state index < -0.39 is 0 Å². The molecule has 1 aliphatic rings. The van der Waals surface area contributed by atoms with Gasteiger partial charge in [-0.15, -0.1) is 0 Å². The lowest BCUT2D eigenvalue weighted by Crippen LogP contribution is -2.02. The van der Waals surface area contributed by atoms with E-state index >= 15 is 0 Å². The lowest BCUT2D eigenvalue weighted by molar-refractivity contribution is 0.224. The minimum absolute atomic E-state index is 0.0147. The normalized spacial score (nSPS) is 32.1. The van der Waals surface area contributed by atoms with Crippen molar-refractivity contribution in [3.63, 3.8) is 0 Å². The molecule has 0 amide bonds. The molecule has 1 heterocycles. The highest BCUT2D eigenvalue weighted by Crippen LogP contribution is 2.03. The van der Waals surface area contributed by atoms with Gasteiger partial charge in [0.2, 0.25) is 0 Å². The van der Waals surface area contributed by atoms with Gasteiger partial charge in [-0.25, -0.2) is 0 Å². The minimum Gasteiger partial charge on any atom is -0.445 e. The van der Waals surface area contributed by atoms with Crippen LogP contribution in [0.3, 0.4) is 0 Å². The largest absolute Gasteiger partial charge is 0.445 e. The molecule has 1 fully saturated rings. The van der Waals surface area contributed by atoms with Crippen molar-refractivity contribution < 1.29 is 14.7 Å². The first-order valence-electron chi connectivity index (χ1n) is 2.34. The molecular formula is C4H7NO3. The summed E-state index contributed by atoms with van der Waals surface area (Å²) in [5.41, 5.74) is 0. The van der Waals surface area contributed by atoms with Gasteiger partial charge in [-0.1, -0.05) is 0 Å². The Morgan fingerprint density at radius 1 is 1.88 bits per heavy atom. The van der Waals surface area contributed by atoms with Gasteiger partial charge in [-0.3, -0.25) is 0 Å². The second-order valence-electron chi connectivity index (χ2n) is 1.61. The lowest BCUT2D eigenvalue weighted by Gasteiger charge is -1.92. The molecule has 1 aliphatic heterocycles. The van der Waals surface area contributed by atoms with Crippen LogP contribution in [0.2, 0.25) is 0 Å². The Hall–Kier alpha value is -0.930. The summed E-state index contributed by atoms with van der Waals surface area (Å²) in [6.45, 7) is 2.30. The van der Waals surface area contributed by atoms with Crippen molar-refractivity contribution in [2.24, 2.45) is 5.16 Å². The number of oxime groups is 1. The molecule has 1 saturated heterocycles. The SMILES string of the molecule is CC1COC(=NO)O1. The summed E-state index contributed by atoms with van der Waals surface area (Å²) in [6, 6.07) is 0. The van der Waals surface area contributed by atoms with Crippen molar-refractivity contribution in [2.45, 2.75) is 13.0 Å². The fraction of sp³-hybridized carbons (Fsp3) is 0.750. The fourth-order valence-corrected chi connectivity index (χ4v) is 0.481. The van der Waals surface area contributed by atoms with E-state index in [2.05, 4.69) is 5.16 Å². The Morgan fingerprint density at radius 2 is 2.62 bits per heavy atom. The van der Waals surface area contributed by atoms with E-state index in [1.54, 1.807) is 0 Å². The second kappa shape index (κ2) is 1.90. The summed E-state index contributed by atoms with van der Waals surface area (Å²) in [5, 5.41) is 10.7. The highest BCUT2D eigenvalue weighted by Gasteiger charge is 2.18. The molecule has 0 aromatic heterocycles. The third-order valence-electron chi connectivity index (χ3n) is 0.825. The zero-order chi connectivity index (χ0) is 5.98. The smallest absolute Gasteiger partial charge is 0.422 e. The molecule has 1 rings (SSSR count). The summed E-state index contributed by atoms with van der Waals surface area (Å²) >= 11 is 0. The molecule has 0 spiro atoms. The predicted octanol–water partition coefficient (Wildman–Crippen LogP) is 0.167. The van der Waals surface area contributed by atoms with E-state index in [9.17, 15) is 0 Å². The molecule has 0 bridgehead atoms. The van der Waals surface area contributed by atoms with Gasteiger partial charge in [0.05, 0.1) is 0 Å². The number of ether oxygens (including phenoxy) is 2. The van der Waals surface area contributed by atoms with Crippen LogP contribution in [0.5, 0.6) is 0 Å². The molecule has 0 saturated carbocycles. The molecule has 0 aliphatic carbocycles. The van der Waals surface area contributed by atoms with Crippen molar-refractivity contribution in [2.75, 3.05) is 6.61 Å². The first-order valence-corrected chi connectivity index (χ1v) is 2.34. The predicted molar refractivity (Wildman–Crippen MR) is 25.7 cm³/mol. The molecule has 0 aromatic rings. The summed E-state index contributed by atoms with van der Waals surface area (Å²) in [5.74, 6) is 0. The van der Waals surface area contributed by atoms with E-state index in [1.807, 2.05) is 6.92 Å². The number of nitrogens with zero attached hydrogens (tertiary/aromatic N) is 1. The molecule has 46 valence electrons. The van der Waals surface area contributed by atoms with Crippen LogP contribution < -0.4 is 0 Å². The average molecular weight is 117 g/mol. The standard InChI is InChI=1S/C4H7NO3/c1-3-2-7-4(5-6)8-3/h3,6H,2H2,1H3. The van der Waals surface area contributed by atoms with Crippen molar-refractivity contribution >= 4 is 6.08 Å². The maximum absolute atomic E-state index is 8.02. The Morgan fingerprint density at radius 3 is 2.88 bits per heavy atom. The minimum atomic E-state index is -0.0301. The van der Waals surface area contributed by atoms with Crippen molar-refractivity contribution in [3.05, 3.63) is 0 Å². The number of hydrogen-bond acceptors (Lipinski definition) is 4. The summed E-state index contributed by atoms with van der Waals surface area (Å²) in [6.07, 6.45) is -0.0154. The summed E-state index contributed by atoms with van der Waals surface area (Å²) < 4.78 is 9.48. The first kappa shape index (κ1) is 5.21. The fourth-order valence-electron chi connectivity index (χ4n) is 0.481. The average Bonchev–Trinajstić information content (AvgIpc) is 2.14. The third kappa shape index (κ3) is 0.828. The Labute approximate surface area is 46.7 Å². The molecule has 1 N–H and O–H groups in total. The highest BCUT2D eigenvalue weighted by molar-refractivity contribution is 5.67. The van der Waals surface area contributed by atoms with Crippen LogP contribution in [0.25, 0.3) is 0 Å². The number of hydrogen-bond donors (Lipinski definition) is 1. The molecule has 0 aromatic carbocycles. The van der Waals surface area contributed by atoms with Crippen LogP contribution in [0.15, 0.2) is 5.16 Å². The van der Waals surface area contributed by atoms with Crippen LogP contribution in [-0.4, -0.2) is 24.0 Å². The Bertz CT molecular complexity index is 112. The van der Waals surface area contributed by atoms with Gasteiger partial charge in [-0.05, 0) is 12.1 Å². The van der Waals surface area contributed by atoms with Gasteiger partial charge in [0.1, 0.15) is 12.7 Å². The van der Waals surface area contributed by atoms with Crippen molar-refractivity contribution in [3.8, 4) is 0 Å². The lowest BCUT2D eigenvalue weighted by atomic mass is 10.5. The van der Waals surface area contributed by atoms with Crippen molar-refractivity contribution in [1.29, 1.82) is 0 Å².